The molecule has 0 N–H and O–H groups in total. The molecular weight excluding hydrogens is 653 g/mol. The van der Waals surface area contributed by atoms with Crippen molar-refractivity contribution in [3.63, 3.8) is 0 Å². The van der Waals surface area contributed by atoms with Crippen LogP contribution in [0.5, 0.6) is 0 Å². The van der Waals surface area contributed by atoms with E-state index < -0.39 is 0 Å². The quantitative estimate of drug-likeness (QED) is 0.180. The summed E-state index contributed by atoms with van der Waals surface area (Å²) in [7, 11) is 0. The highest BCUT2D eigenvalue weighted by molar-refractivity contribution is 7.25. The summed E-state index contributed by atoms with van der Waals surface area (Å²) in [4.78, 5) is 2.39. The normalized spacial score (nSPS) is 14.7. The summed E-state index contributed by atoms with van der Waals surface area (Å²) in [5.41, 5.74) is 10.2. The molecule has 0 fully saturated rings. The third-order valence-electron chi connectivity index (χ3n) is 10.7. The number of aromatic nitrogens is 1. The van der Waals surface area contributed by atoms with Crippen molar-refractivity contribution >= 4 is 86.6 Å². The van der Waals surface area contributed by atoms with Crippen molar-refractivity contribution in [1.82, 2.24) is 4.57 Å². The lowest BCUT2D eigenvalue weighted by molar-refractivity contribution is 0.669. The molecule has 0 aliphatic heterocycles. The molecule has 52 heavy (non-hydrogen) atoms. The fourth-order valence-electron chi connectivity index (χ4n) is 8.25. The molecule has 0 amide bonds. The second-order valence-corrected chi connectivity index (χ2v) is 14.8. The van der Waals surface area contributed by atoms with E-state index in [9.17, 15) is 0 Å². The third-order valence-corrected chi connectivity index (χ3v) is 11.9. The summed E-state index contributed by atoms with van der Waals surface area (Å²) in [6.07, 6.45) is 8.00. The van der Waals surface area contributed by atoms with E-state index in [4.69, 9.17) is 4.42 Å². The summed E-state index contributed by atoms with van der Waals surface area (Å²) >= 11 is 1.86. The molecule has 3 heterocycles. The van der Waals surface area contributed by atoms with Crippen LogP contribution in [0, 0.1) is 0 Å². The maximum atomic E-state index is 6.39. The number of benzene rings is 7. The van der Waals surface area contributed by atoms with Crippen LogP contribution < -0.4 is 4.90 Å². The molecule has 7 aromatic carbocycles. The van der Waals surface area contributed by atoms with E-state index in [2.05, 4.69) is 173 Å². The predicted octanol–water partition coefficient (Wildman–Crippen LogP) is 13.8. The van der Waals surface area contributed by atoms with Gasteiger partial charge in [0.15, 0.2) is 0 Å². The summed E-state index contributed by atoms with van der Waals surface area (Å²) in [5, 5.41) is 7.45. The number of furan rings is 1. The highest BCUT2D eigenvalue weighted by Gasteiger charge is 2.22. The molecule has 3 nitrogen and oxygen atoms in total. The van der Waals surface area contributed by atoms with Gasteiger partial charge in [-0.1, -0.05) is 103 Å². The van der Waals surface area contributed by atoms with Crippen LogP contribution in [0.4, 0.5) is 11.4 Å². The maximum Gasteiger partial charge on any atom is 0.137 e. The Balaban J connectivity index is 1.01. The average molecular weight is 685 g/mol. The monoisotopic (exact) mass is 684 g/mol. The number of fused-ring (bicyclic) bond motifs is 9. The van der Waals surface area contributed by atoms with Crippen LogP contribution in [0.1, 0.15) is 17.9 Å². The Morgan fingerprint density at radius 2 is 1.21 bits per heavy atom. The molecule has 1 aliphatic rings. The van der Waals surface area contributed by atoms with Gasteiger partial charge >= 0.3 is 0 Å². The lowest BCUT2D eigenvalue weighted by Gasteiger charge is -2.29. The molecule has 0 saturated heterocycles. The van der Waals surface area contributed by atoms with E-state index in [-0.39, 0.29) is 5.92 Å². The van der Waals surface area contributed by atoms with Crippen LogP contribution in [0.2, 0.25) is 0 Å². The zero-order valence-corrected chi connectivity index (χ0v) is 29.1. The van der Waals surface area contributed by atoms with Crippen LogP contribution in [-0.4, -0.2) is 4.57 Å². The average Bonchev–Trinajstić information content (AvgIpc) is 3.87. The van der Waals surface area contributed by atoms with E-state index in [0.717, 1.165) is 45.4 Å². The van der Waals surface area contributed by atoms with Gasteiger partial charge in [-0.05, 0) is 78.7 Å². The molecule has 0 saturated carbocycles. The van der Waals surface area contributed by atoms with E-state index in [1.54, 1.807) is 0 Å². The Hall–Kier alpha value is -6.36. The molecule has 10 aromatic rings. The molecule has 1 atom stereocenters. The Bertz CT molecular complexity index is 2950. The van der Waals surface area contributed by atoms with Crippen molar-refractivity contribution in [3.05, 3.63) is 187 Å². The number of hydrogen-bond acceptors (Lipinski definition) is 3. The molecule has 3 aromatic heterocycles. The zero-order valence-electron chi connectivity index (χ0n) is 28.2. The van der Waals surface area contributed by atoms with E-state index >= 15 is 0 Å². The molecule has 0 spiro atoms. The van der Waals surface area contributed by atoms with Crippen LogP contribution in [0.3, 0.4) is 0 Å². The van der Waals surface area contributed by atoms with E-state index in [0.29, 0.717) is 0 Å². The molecule has 246 valence electrons. The van der Waals surface area contributed by atoms with Crippen LogP contribution in [-0.2, 0) is 0 Å². The largest absolute Gasteiger partial charge is 0.456 e. The lowest BCUT2D eigenvalue weighted by Crippen LogP contribution is -2.17. The summed E-state index contributed by atoms with van der Waals surface area (Å²) in [6.45, 7) is 0. The minimum absolute atomic E-state index is 0.264. The van der Waals surface area contributed by atoms with Gasteiger partial charge in [0.2, 0.25) is 0 Å². The van der Waals surface area contributed by atoms with Crippen molar-refractivity contribution in [3.8, 4) is 5.69 Å². The number of allylic oxidation sites excluding steroid dienone is 3. The number of nitrogens with zero attached hydrogens (tertiary/aromatic N) is 2. The number of hydrogen-bond donors (Lipinski definition) is 0. The lowest BCUT2D eigenvalue weighted by atomic mass is 9.90. The van der Waals surface area contributed by atoms with Crippen LogP contribution in [0.25, 0.3) is 69.6 Å². The predicted molar refractivity (Wildman–Crippen MR) is 221 cm³/mol. The van der Waals surface area contributed by atoms with Gasteiger partial charge in [-0.3, -0.25) is 0 Å². The van der Waals surface area contributed by atoms with Crippen molar-refractivity contribution in [1.29, 1.82) is 0 Å². The molecule has 4 heteroatoms. The van der Waals surface area contributed by atoms with Gasteiger partial charge in [-0.15, -0.1) is 11.3 Å². The third kappa shape index (κ3) is 4.58. The fraction of sp³-hybridized carbons (Fsp3) is 0.0417. The Labute approximate surface area is 304 Å². The Morgan fingerprint density at radius 1 is 0.538 bits per heavy atom. The second-order valence-electron chi connectivity index (χ2n) is 13.7. The van der Waals surface area contributed by atoms with Crippen molar-refractivity contribution < 1.29 is 4.42 Å². The fourth-order valence-corrected chi connectivity index (χ4v) is 9.39. The highest BCUT2D eigenvalue weighted by Crippen LogP contribution is 2.42. The minimum atomic E-state index is 0.264. The molecule has 0 bridgehead atoms. The number of rotatable bonds is 5. The van der Waals surface area contributed by atoms with Gasteiger partial charge in [0, 0.05) is 76.5 Å². The van der Waals surface area contributed by atoms with Crippen molar-refractivity contribution in [2.75, 3.05) is 4.90 Å². The number of para-hydroxylation sites is 3. The number of anilines is 2. The molecule has 1 unspecified atom stereocenters. The SMILES string of the molecule is C1=CC(c2ccc3c4ccccc4n(-c4ccccc4)c3c2)CC=C1N(c1ccc2c(c1)oc1ccccc12)c1ccc2c(c1)sc1ccccc12. The summed E-state index contributed by atoms with van der Waals surface area (Å²) in [5.74, 6) is 0.264. The van der Waals surface area contributed by atoms with Gasteiger partial charge in [-0.25, -0.2) is 0 Å². The molecule has 11 rings (SSSR count). The van der Waals surface area contributed by atoms with Gasteiger partial charge in [0.1, 0.15) is 11.2 Å². The summed E-state index contributed by atoms with van der Waals surface area (Å²) in [6, 6.07) is 57.0. The van der Waals surface area contributed by atoms with Gasteiger partial charge < -0.3 is 13.9 Å². The Kier molecular flexibility index (Phi) is 6.55. The van der Waals surface area contributed by atoms with Gasteiger partial charge in [-0.2, -0.15) is 0 Å². The Morgan fingerprint density at radius 3 is 2.08 bits per heavy atom. The van der Waals surface area contributed by atoms with Gasteiger partial charge in [0.05, 0.1) is 11.0 Å². The smallest absolute Gasteiger partial charge is 0.137 e. The first-order chi connectivity index (χ1) is 25.8. The first-order valence-electron chi connectivity index (χ1n) is 17.9. The van der Waals surface area contributed by atoms with Crippen LogP contribution >= 0.6 is 11.3 Å². The molecule has 1 aliphatic carbocycles. The molecular formula is C48H32N2OS. The first kappa shape index (κ1) is 29.4. The maximum absolute atomic E-state index is 6.39. The summed E-state index contributed by atoms with van der Waals surface area (Å²) < 4.78 is 11.4. The van der Waals surface area contributed by atoms with E-state index in [1.165, 1.54) is 53.2 Å². The topological polar surface area (TPSA) is 21.3 Å². The minimum Gasteiger partial charge on any atom is -0.456 e. The van der Waals surface area contributed by atoms with Crippen molar-refractivity contribution in [2.45, 2.75) is 12.3 Å². The molecule has 0 radical (unpaired) electrons. The zero-order chi connectivity index (χ0) is 34.2. The highest BCUT2D eigenvalue weighted by atomic mass is 32.1. The number of thiophene rings is 1. The second kappa shape index (κ2) is 11.6. The van der Waals surface area contributed by atoms with Gasteiger partial charge in [0.25, 0.3) is 0 Å². The first-order valence-corrected chi connectivity index (χ1v) is 18.7. The van der Waals surface area contributed by atoms with Crippen molar-refractivity contribution in [2.24, 2.45) is 0 Å². The standard InChI is InChI=1S/C48H32N2OS/c1-2-10-33(11-3-1)50-43-15-7-4-12-37(43)38-25-20-32(28-44(38)50)31-18-21-34(22-19-31)49(35-23-26-40-39-13-5-8-16-45(39)51-46(40)29-35)36-24-27-42-41-14-6-9-17-47(41)52-48(42)30-36/h1-18,20-31H,19H2. The van der Waals surface area contributed by atoms with E-state index in [1.807, 2.05) is 23.5 Å². The van der Waals surface area contributed by atoms with Crippen LogP contribution in [0.15, 0.2) is 186 Å².